The fourth-order valence-corrected chi connectivity index (χ4v) is 4.39. The summed E-state index contributed by atoms with van der Waals surface area (Å²) >= 11 is 12.4. The van der Waals surface area contributed by atoms with Crippen LogP contribution in [0.15, 0.2) is 36.4 Å². The maximum absolute atomic E-state index is 12.8. The van der Waals surface area contributed by atoms with Gasteiger partial charge in [0.15, 0.2) is 0 Å². The van der Waals surface area contributed by atoms with E-state index >= 15 is 0 Å². The zero-order valence-corrected chi connectivity index (χ0v) is 19.2. The summed E-state index contributed by atoms with van der Waals surface area (Å²) in [6.45, 7) is 2.04. The molecule has 0 fully saturated rings. The molecule has 0 unspecified atom stereocenters. The van der Waals surface area contributed by atoms with Gasteiger partial charge in [-0.25, -0.2) is 4.79 Å². The molecular weight excluding hydrogens is 449 g/mol. The molecule has 0 atom stereocenters. The van der Waals surface area contributed by atoms with Crippen LogP contribution in [0.4, 0.5) is 10.5 Å². The van der Waals surface area contributed by atoms with Crippen molar-refractivity contribution in [3.63, 3.8) is 0 Å². The predicted octanol–water partition coefficient (Wildman–Crippen LogP) is 4.29. The monoisotopic (exact) mass is 473 g/mol. The lowest BCUT2D eigenvalue weighted by atomic mass is 10.0. The molecule has 0 bridgehead atoms. The third-order valence-electron chi connectivity index (χ3n) is 5.51. The van der Waals surface area contributed by atoms with E-state index in [1.165, 1.54) is 5.56 Å². The van der Waals surface area contributed by atoms with Crippen molar-refractivity contribution in [2.75, 3.05) is 25.5 Å². The summed E-state index contributed by atoms with van der Waals surface area (Å²) in [6, 6.07) is 10.9. The van der Waals surface area contributed by atoms with Crippen LogP contribution in [0.3, 0.4) is 0 Å². The minimum Gasteiger partial charge on any atom is -0.357 e. The molecule has 0 saturated carbocycles. The number of anilines is 1. The molecular formula is C23H25Cl2N5O2. The average Bonchev–Trinajstić information content (AvgIpc) is 3.12. The Morgan fingerprint density at radius 1 is 1.12 bits per heavy atom. The van der Waals surface area contributed by atoms with E-state index < -0.39 is 0 Å². The fraction of sp³-hybridized carbons (Fsp3) is 0.304. The maximum atomic E-state index is 12.8. The fourth-order valence-electron chi connectivity index (χ4n) is 3.96. The number of benzene rings is 2. The van der Waals surface area contributed by atoms with Crippen molar-refractivity contribution in [1.82, 2.24) is 20.5 Å². The number of aromatic nitrogens is 1. The van der Waals surface area contributed by atoms with Gasteiger partial charge in [0.1, 0.15) is 0 Å². The van der Waals surface area contributed by atoms with Gasteiger partial charge in [0.25, 0.3) is 0 Å². The molecule has 32 heavy (non-hydrogen) atoms. The summed E-state index contributed by atoms with van der Waals surface area (Å²) < 4.78 is 0. The molecule has 9 heteroatoms. The minimum atomic E-state index is -0.146. The van der Waals surface area contributed by atoms with Gasteiger partial charge in [0.2, 0.25) is 5.91 Å². The Morgan fingerprint density at radius 2 is 1.97 bits per heavy atom. The first kappa shape index (κ1) is 22.5. The second-order valence-electron chi connectivity index (χ2n) is 7.85. The lowest BCUT2D eigenvalue weighted by Crippen LogP contribution is -2.42. The van der Waals surface area contributed by atoms with Gasteiger partial charge in [-0.2, -0.15) is 0 Å². The SMILES string of the molecule is CNCCC(=O)Nc1cc(Cl)cc(CNC(=O)N2CCc3c([nH]c4ccc(Cl)cc34)C2)c1. The van der Waals surface area contributed by atoms with Crippen LogP contribution in [0.25, 0.3) is 10.9 Å². The second-order valence-corrected chi connectivity index (χ2v) is 8.73. The van der Waals surface area contributed by atoms with E-state index in [-0.39, 0.29) is 11.9 Å². The number of H-pyrrole nitrogens is 1. The van der Waals surface area contributed by atoms with E-state index in [1.54, 1.807) is 24.1 Å². The Bertz CT molecular complexity index is 1160. The van der Waals surface area contributed by atoms with Crippen molar-refractivity contribution < 1.29 is 9.59 Å². The van der Waals surface area contributed by atoms with Crippen molar-refractivity contribution in [2.24, 2.45) is 0 Å². The number of carbonyl (C=O) groups is 2. The molecule has 0 aliphatic carbocycles. The Hall–Kier alpha value is -2.74. The number of hydrogen-bond donors (Lipinski definition) is 4. The molecule has 4 N–H and O–H groups in total. The molecule has 1 aromatic heterocycles. The molecule has 2 heterocycles. The van der Waals surface area contributed by atoms with E-state index in [0.717, 1.165) is 28.6 Å². The van der Waals surface area contributed by atoms with E-state index in [4.69, 9.17) is 23.2 Å². The predicted molar refractivity (Wildman–Crippen MR) is 128 cm³/mol. The number of rotatable bonds is 6. The smallest absolute Gasteiger partial charge is 0.318 e. The van der Waals surface area contributed by atoms with Gasteiger partial charge >= 0.3 is 6.03 Å². The van der Waals surface area contributed by atoms with Crippen molar-refractivity contribution in [2.45, 2.75) is 25.9 Å². The quantitative estimate of drug-likeness (QED) is 0.430. The molecule has 1 aliphatic heterocycles. The van der Waals surface area contributed by atoms with E-state index in [0.29, 0.717) is 48.3 Å². The average molecular weight is 474 g/mol. The maximum Gasteiger partial charge on any atom is 0.318 e. The van der Waals surface area contributed by atoms with Crippen LogP contribution in [0.5, 0.6) is 0 Å². The van der Waals surface area contributed by atoms with Gasteiger partial charge in [-0.3, -0.25) is 4.79 Å². The third-order valence-corrected chi connectivity index (χ3v) is 5.96. The zero-order chi connectivity index (χ0) is 22.7. The largest absolute Gasteiger partial charge is 0.357 e. The van der Waals surface area contributed by atoms with Crippen molar-refractivity contribution in [3.05, 3.63) is 63.3 Å². The molecule has 4 rings (SSSR count). The molecule has 0 saturated heterocycles. The van der Waals surface area contributed by atoms with Gasteiger partial charge in [-0.1, -0.05) is 23.2 Å². The first-order valence-electron chi connectivity index (χ1n) is 10.5. The molecule has 3 aromatic rings. The Morgan fingerprint density at radius 3 is 2.78 bits per heavy atom. The van der Waals surface area contributed by atoms with Crippen molar-refractivity contribution in [3.8, 4) is 0 Å². The number of fused-ring (bicyclic) bond motifs is 3. The number of nitrogens with zero attached hydrogens (tertiary/aromatic N) is 1. The third kappa shape index (κ3) is 5.18. The number of urea groups is 1. The van der Waals surface area contributed by atoms with E-state index in [2.05, 4.69) is 20.9 Å². The summed E-state index contributed by atoms with van der Waals surface area (Å²) in [7, 11) is 1.80. The zero-order valence-electron chi connectivity index (χ0n) is 17.7. The highest BCUT2D eigenvalue weighted by molar-refractivity contribution is 6.31. The van der Waals surface area contributed by atoms with Crippen LogP contribution >= 0.6 is 23.2 Å². The number of hydrogen-bond acceptors (Lipinski definition) is 3. The van der Waals surface area contributed by atoms with E-state index in [9.17, 15) is 9.59 Å². The van der Waals surface area contributed by atoms with E-state index in [1.807, 2.05) is 24.3 Å². The lowest BCUT2D eigenvalue weighted by molar-refractivity contribution is -0.116. The first-order valence-corrected chi connectivity index (χ1v) is 11.2. The number of aromatic amines is 1. The molecule has 168 valence electrons. The molecule has 7 nitrogen and oxygen atoms in total. The Balaban J connectivity index is 1.38. The van der Waals surface area contributed by atoms with Crippen LogP contribution < -0.4 is 16.0 Å². The first-order chi connectivity index (χ1) is 15.4. The summed E-state index contributed by atoms with van der Waals surface area (Å²) in [5, 5.41) is 11.1. The minimum absolute atomic E-state index is 0.0969. The lowest BCUT2D eigenvalue weighted by Gasteiger charge is -2.27. The standard InChI is InChI=1S/C23H25Cl2N5O2/c1-26-6-4-22(31)28-17-9-14(8-16(25)10-17)12-27-23(32)30-7-5-18-19-11-15(24)2-3-20(19)29-21(18)13-30/h2-3,8-11,26,29H,4-7,12-13H2,1H3,(H,27,32)(H,28,31). The molecule has 0 spiro atoms. The topological polar surface area (TPSA) is 89.3 Å². The molecule has 2 aromatic carbocycles. The number of carbonyl (C=O) groups excluding carboxylic acids is 2. The highest BCUT2D eigenvalue weighted by Gasteiger charge is 2.24. The van der Waals surface area contributed by atoms with Crippen LogP contribution in [-0.4, -0.2) is 42.0 Å². The van der Waals surface area contributed by atoms with Gasteiger partial charge in [0.05, 0.1) is 6.54 Å². The molecule has 1 aliphatic rings. The van der Waals surface area contributed by atoms with Crippen LogP contribution in [0.2, 0.25) is 10.0 Å². The van der Waals surface area contributed by atoms with Crippen LogP contribution in [0, 0.1) is 0 Å². The number of halogens is 2. The molecule has 0 radical (unpaired) electrons. The van der Waals surface area contributed by atoms with Gasteiger partial charge in [-0.15, -0.1) is 0 Å². The summed E-state index contributed by atoms with van der Waals surface area (Å²) in [4.78, 5) is 29.9. The van der Waals surface area contributed by atoms with Crippen molar-refractivity contribution >= 4 is 51.7 Å². The summed E-state index contributed by atoms with van der Waals surface area (Å²) in [5.74, 6) is -0.0969. The Labute approximate surface area is 196 Å². The summed E-state index contributed by atoms with van der Waals surface area (Å²) in [5.41, 5.74) is 4.72. The van der Waals surface area contributed by atoms with Crippen LogP contribution in [-0.2, 0) is 24.3 Å². The number of amides is 3. The summed E-state index contributed by atoms with van der Waals surface area (Å²) in [6.07, 6.45) is 1.13. The van der Waals surface area contributed by atoms with Gasteiger partial charge in [-0.05, 0) is 61.0 Å². The van der Waals surface area contributed by atoms with Gasteiger partial charge in [0, 0.05) is 58.4 Å². The van der Waals surface area contributed by atoms with Crippen LogP contribution in [0.1, 0.15) is 23.2 Å². The van der Waals surface area contributed by atoms with Crippen molar-refractivity contribution in [1.29, 1.82) is 0 Å². The highest BCUT2D eigenvalue weighted by Crippen LogP contribution is 2.29. The Kier molecular flexibility index (Phi) is 6.89. The second kappa shape index (κ2) is 9.81. The number of nitrogens with one attached hydrogen (secondary N) is 4. The molecule has 3 amide bonds. The highest BCUT2D eigenvalue weighted by atomic mass is 35.5. The van der Waals surface area contributed by atoms with Gasteiger partial charge < -0.3 is 25.8 Å². The normalized spacial score (nSPS) is 13.2.